The van der Waals surface area contributed by atoms with Crippen LogP contribution < -0.4 is 10.2 Å². The zero-order chi connectivity index (χ0) is 22.5. The second kappa shape index (κ2) is 9.70. The molecule has 0 bridgehead atoms. The Morgan fingerprint density at radius 3 is 2.61 bits per heavy atom. The van der Waals surface area contributed by atoms with Crippen LogP contribution in [-0.4, -0.2) is 58.3 Å². The van der Waals surface area contributed by atoms with Crippen molar-refractivity contribution < 1.29 is 9.21 Å². The Morgan fingerprint density at radius 2 is 1.82 bits per heavy atom. The third kappa shape index (κ3) is 5.12. The van der Waals surface area contributed by atoms with Gasteiger partial charge in [-0.15, -0.1) is 0 Å². The van der Waals surface area contributed by atoms with E-state index in [0.717, 1.165) is 48.9 Å². The number of nitrogens with one attached hydrogen (secondary N) is 1. The second-order valence-electron chi connectivity index (χ2n) is 8.03. The van der Waals surface area contributed by atoms with Crippen molar-refractivity contribution in [2.24, 2.45) is 0 Å². The minimum absolute atomic E-state index is 0.0115. The average Bonchev–Trinajstić information content (AvgIpc) is 3.54. The van der Waals surface area contributed by atoms with Crippen molar-refractivity contribution in [3.63, 3.8) is 0 Å². The first-order chi connectivity index (χ1) is 16.2. The molecule has 0 aliphatic carbocycles. The van der Waals surface area contributed by atoms with Gasteiger partial charge in [-0.25, -0.2) is 9.67 Å². The van der Waals surface area contributed by atoms with E-state index in [0.29, 0.717) is 18.8 Å². The summed E-state index contributed by atoms with van der Waals surface area (Å²) >= 11 is 0. The molecule has 1 saturated heterocycles. The largest absolute Gasteiger partial charge is 0.462 e. The molecule has 4 heterocycles. The van der Waals surface area contributed by atoms with Crippen LogP contribution in [0.1, 0.15) is 5.56 Å². The zero-order valence-corrected chi connectivity index (χ0v) is 18.3. The molecule has 8 heteroatoms. The topological polar surface area (TPSA) is 79.4 Å². The normalized spacial score (nSPS) is 14.4. The number of amides is 1. The molecule has 0 atom stereocenters. The van der Waals surface area contributed by atoms with Gasteiger partial charge in [0.05, 0.1) is 18.5 Å². The molecule has 3 aromatic heterocycles. The molecule has 8 nitrogen and oxygen atoms in total. The van der Waals surface area contributed by atoms with Gasteiger partial charge in [0.1, 0.15) is 11.5 Å². The van der Waals surface area contributed by atoms with Crippen LogP contribution in [0.5, 0.6) is 0 Å². The van der Waals surface area contributed by atoms with Crippen molar-refractivity contribution in [1.82, 2.24) is 25.0 Å². The van der Waals surface area contributed by atoms with E-state index in [1.165, 1.54) is 0 Å². The Labute approximate surface area is 192 Å². The molecular formula is C25H26N6O2. The van der Waals surface area contributed by atoms with Crippen molar-refractivity contribution >= 4 is 11.7 Å². The molecule has 1 aromatic carbocycles. The van der Waals surface area contributed by atoms with Gasteiger partial charge < -0.3 is 14.6 Å². The van der Waals surface area contributed by atoms with Crippen LogP contribution in [0.15, 0.2) is 83.7 Å². The van der Waals surface area contributed by atoms with E-state index >= 15 is 0 Å². The Hall–Kier alpha value is -3.91. The van der Waals surface area contributed by atoms with Gasteiger partial charge in [-0.05, 0) is 36.4 Å². The van der Waals surface area contributed by atoms with Crippen LogP contribution in [0, 0.1) is 0 Å². The molecule has 5 rings (SSSR count). The third-order valence-electron chi connectivity index (χ3n) is 5.72. The molecule has 0 saturated carbocycles. The summed E-state index contributed by atoms with van der Waals surface area (Å²) in [5, 5.41) is 7.58. The maximum absolute atomic E-state index is 12.4. The number of anilines is 1. The van der Waals surface area contributed by atoms with E-state index in [4.69, 9.17) is 4.42 Å². The van der Waals surface area contributed by atoms with Gasteiger partial charge in [0, 0.05) is 50.7 Å². The second-order valence-corrected chi connectivity index (χ2v) is 8.03. The lowest BCUT2D eigenvalue weighted by molar-refractivity contribution is -0.122. The number of aromatic nitrogens is 3. The fourth-order valence-electron chi connectivity index (χ4n) is 3.92. The summed E-state index contributed by atoms with van der Waals surface area (Å²) in [7, 11) is 0. The van der Waals surface area contributed by atoms with E-state index in [9.17, 15) is 4.79 Å². The summed E-state index contributed by atoms with van der Waals surface area (Å²) in [4.78, 5) is 21.3. The lowest BCUT2D eigenvalue weighted by Gasteiger charge is -2.34. The lowest BCUT2D eigenvalue weighted by atomic mass is 10.2. The van der Waals surface area contributed by atoms with Crippen LogP contribution in [0.25, 0.3) is 17.1 Å². The number of furan rings is 1. The van der Waals surface area contributed by atoms with Gasteiger partial charge >= 0.3 is 0 Å². The highest BCUT2D eigenvalue weighted by Crippen LogP contribution is 2.21. The summed E-state index contributed by atoms with van der Waals surface area (Å²) in [6.45, 7) is 4.22. The molecule has 0 spiro atoms. The molecule has 33 heavy (non-hydrogen) atoms. The summed E-state index contributed by atoms with van der Waals surface area (Å²) in [5.41, 5.74) is 2.65. The molecule has 168 valence electrons. The Kier molecular flexibility index (Phi) is 6.16. The van der Waals surface area contributed by atoms with Gasteiger partial charge in [-0.1, -0.05) is 24.3 Å². The molecule has 1 N–H and O–H groups in total. The van der Waals surface area contributed by atoms with Gasteiger partial charge in [-0.2, -0.15) is 5.10 Å². The highest BCUT2D eigenvalue weighted by Gasteiger charge is 2.19. The van der Waals surface area contributed by atoms with Gasteiger partial charge in [-0.3, -0.25) is 9.69 Å². The summed E-state index contributed by atoms with van der Waals surface area (Å²) in [6.07, 6.45) is 5.39. The van der Waals surface area contributed by atoms with Crippen molar-refractivity contribution in [3.8, 4) is 17.1 Å². The maximum Gasteiger partial charge on any atom is 0.234 e. The summed E-state index contributed by atoms with van der Waals surface area (Å²) < 4.78 is 7.50. The van der Waals surface area contributed by atoms with Crippen LogP contribution in [0.3, 0.4) is 0 Å². The molecule has 1 fully saturated rings. The van der Waals surface area contributed by atoms with Gasteiger partial charge in [0.25, 0.3) is 0 Å². The number of hydrogen-bond acceptors (Lipinski definition) is 6. The number of carbonyl (C=O) groups excluding carboxylic acids is 1. The van der Waals surface area contributed by atoms with Gasteiger partial charge in [0.2, 0.25) is 5.91 Å². The molecule has 4 aromatic rings. The minimum Gasteiger partial charge on any atom is -0.462 e. The van der Waals surface area contributed by atoms with E-state index in [1.54, 1.807) is 6.26 Å². The first-order valence-electron chi connectivity index (χ1n) is 11.1. The Balaban J connectivity index is 1.09. The van der Waals surface area contributed by atoms with E-state index in [-0.39, 0.29) is 5.91 Å². The predicted molar refractivity (Wildman–Crippen MR) is 126 cm³/mol. The van der Waals surface area contributed by atoms with Crippen molar-refractivity contribution in [3.05, 3.63) is 84.9 Å². The predicted octanol–water partition coefficient (Wildman–Crippen LogP) is 2.97. The van der Waals surface area contributed by atoms with Gasteiger partial charge in [0.15, 0.2) is 5.76 Å². The quantitative estimate of drug-likeness (QED) is 0.474. The number of nitrogens with zero attached hydrogens (tertiary/aromatic N) is 5. The van der Waals surface area contributed by atoms with Crippen LogP contribution in [0.2, 0.25) is 0 Å². The number of rotatable bonds is 7. The van der Waals surface area contributed by atoms with E-state index in [1.807, 2.05) is 77.7 Å². The number of para-hydroxylation sites is 1. The molecule has 1 amide bonds. The van der Waals surface area contributed by atoms with E-state index < -0.39 is 0 Å². The molecule has 0 radical (unpaired) electrons. The Bertz CT molecular complexity index is 1180. The smallest absolute Gasteiger partial charge is 0.234 e. The highest BCUT2D eigenvalue weighted by atomic mass is 16.3. The zero-order valence-electron chi connectivity index (χ0n) is 18.3. The number of pyridine rings is 1. The van der Waals surface area contributed by atoms with E-state index in [2.05, 4.69) is 25.2 Å². The van der Waals surface area contributed by atoms with Crippen molar-refractivity contribution in [2.75, 3.05) is 37.6 Å². The first kappa shape index (κ1) is 21.0. The Morgan fingerprint density at radius 1 is 1.00 bits per heavy atom. The molecule has 1 aliphatic heterocycles. The monoisotopic (exact) mass is 442 g/mol. The number of carbonyl (C=O) groups is 1. The average molecular weight is 443 g/mol. The summed E-state index contributed by atoms with van der Waals surface area (Å²) in [6, 6.07) is 19.7. The highest BCUT2D eigenvalue weighted by molar-refractivity contribution is 5.78. The SMILES string of the molecule is O=C(CN1CCN(c2ccccn2)CC1)NCc1coc(-c2ccn(-c3ccccc3)n2)c1. The van der Waals surface area contributed by atoms with Crippen molar-refractivity contribution in [1.29, 1.82) is 0 Å². The molecular weight excluding hydrogens is 416 g/mol. The fraction of sp³-hybridized carbons (Fsp3) is 0.240. The lowest BCUT2D eigenvalue weighted by Crippen LogP contribution is -2.49. The maximum atomic E-state index is 12.4. The van der Waals surface area contributed by atoms with Crippen molar-refractivity contribution in [2.45, 2.75) is 6.54 Å². The van der Waals surface area contributed by atoms with Crippen LogP contribution in [0.4, 0.5) is 5.82 Å². The van der Waals surface area contributed by atoms with Crippen LogP contribution >= 0.6 is 0 Å². The minimum atomic E-state index is 0.0115. The third-order valence-corrected chi connectivity index (χ3v) is 5.72. The first-order valence-corrected chi connectivity index (χ1v) is 11.1. The number of hydrogen-bond donors (Lipinski definition) is 1. The molecule has 1 aliphatic rings. The number of piperazine rings is 1. The summed E-state index contributed by atoms with van der Waals surface area (Å²) in [5.74, 6) is 1.68. The fourth-order valence-corrected chi connectivity index (χ4v) is 3.92. The van der Waals surface area contributed by atoms with Crippen LogP contribution in [-0.2, 0) is 11.3 Å². The molecule has 0 unspecified atom stereocenters. The standard InChI is InChI=1S/C25H26N6O2/c32-25(18-29-12-14-30(15-13-29)24-8-4-5-10-26-24)27-17-20-16-23(33-19-20)22-9-11-31(28-22)21-6-2-1-3-7-21/h1-11,16,19H,12-15,17-18H2,(H,27,32). The number of benzene rings is 1.